The maximum absolute atomic E-state index is 9.11. The van der Waals surface area contributed by atoms with Crippen molar-refractivity contribution in [3.8, 4) is 11.5 Å². The van der Waals surface area contributed by atoms with Gasteiger partial charge in [0.2, 0.25) is 0 Å². The third-order valence-corrected chi connectivity index (χ3v) is 10.7. The van der Waals surface area contributed by atoms with E-state index in [4.69, 9.17) is 19.0 Å². The predicted molar refractivity (Wildman–Crippen MR) is 136 cm³/mol. The van der Waals surface area contributed by atoms with Crippen molar-refractivity contribution in [1.29, 1.82) is 0 Å². The summed E-state index contributed by atoms with van der Waals surface area (Å²) in [7, 11) is -1.74. The average Bonchev–Trinajstić information content (AvgIpc) is 2.81. The minimum atomic E-state index is -1.74. The summed E-state index contributed by atoms with van der Waals surface area (Å²) >= 11 is 0. The van der Waals surface area contributed by atoms with Crippen LogP contribution in [-0.2, 0) is 30.9 Å². The summed E-state index contributed by atoms with van der Waals surface area (Å²) < 4.78 is 18.1. The summed E-state index contributed by atoms with van der Waals surface area (Å²) in [5, 5.41) is 9.32. The molecule has 0 saturated heterocycles. The lowest BCUT2D eigenvalue weighted by Gasteiger charge is -2.36. The van der Waals surface area contributed by atoms with Gasteiger partial charge < -0.3 is 19.0 Å². The zero-order valence-corrected chi connectivity index (χ0v) is 21.4. The number of hydrogen-bond acceptors (Lipinski definition) is 4. The molecular weight excluding hydrogens is 428 g/mol. The molecule has 33 heavy (non-hydrogen) atoms. The van der Waals surface area contributed by atoms with E-state index in [0.717, 1.165) is 28.2 Å². The first-order chi connectivity index (χ1) is 15.7. The van der Waals surface area contributed by atoms with Crippen LogP contribution in [0.4, 0.5) is 0 Å². The standard InChI is InChI=1S/C28H36O4Si/c1-28(2,3)33(4,5)32-21-25-12-16-27(17-13-25)31-20-24-8-6-23(7-9-24)19-30-26-14-10-22(18-29)11-15-26/h6-17,29H,18-21H2,1-5H3. The Labute approximate surface area is 199 Å². The lowest BCUT2D eigenvalue weighted by molar-refractivity contribution is 0.275. The molecule has 4 nitrogen and oxygen atoms in total. The first-order valence-corrected chi connectivity index (χ1v) is 14.3. The van der Waals surface area contributed by atoms with Crippen LogP contribution in [0, 0.1) is 0 Å². The average molecular weight is 465 g/mol. The summed E-state index contributed by atoms with van der Waals surface area (Å²) in [5.74, 6) is 1.64. The maximum atomic E-state index is 9.11. The Hall–Kier alpha value is -2.60. The molecule has 0 fully saturated rings. The summed E-state index contributed by atoms with van der Waals surface area (Å²) in [6, 6.07) is 23.9. The monoisotopic (exact) mass is 464 g/mol. The first kappa shape index (κ1) is 25.0. The molecule has 3 rings (SSSR count). The highest BCUT2D eigenvalue weighted by Gasteiger charge is 2.36. The number of aliphatic hydroxyl groups excluding tert-OH is 1. The second kappa shape index (κ2) is 11.0. The molecule has 0 radical (unpaired) electrons. The van der Waals surface area contributed by atoms with E-state index < -0.39 is 8.32 Å². The van der Waals surface area contributed by atoms with Crippen molar-refractivity contribution >= 4 is 8.32 Å². The van der Waals surface area contributed by atoms with Crippen molar-refractivity contribution in [1.82, 2.24) is 0 Å². The molecule has 0 saturated carbocycles. The Morgan fingerprint density at radius 3 is 1.36 bits per heavy atom. The van der Waals surface area contributed by atoms with Gasteiger partial charge in [-0.1, -0.05) is 69.3 Å². The molecular formula is C28H36O4Si. The topological polar surface area (TPSA) is 47.9 Å². The second-order valence-electron chi connectivity index (χ2n) is 9.89. The lowest BCUT2D eigenvalue weighted by Crippen LogP contribution is -2.40. The number of aliphatic hydroxyl groups is 1. The van der Waals surface area contributed by atoms with Crippen LogP contribution in [0.2, 0.25) is 18.1 Å². The van der Waals surface area contributed by atoms with Gasteiger partial charge >= 0.3 is 0 Å². The molecule has 0 unspecified atom stereocenters. The molecule has 1 N–H and O–H groups in total. The second-order valence-corrected chi connectivity index (χ2v) is 14.7. The van der Waals surface area contributed by atoms with Gasteiger partial charge in [0.25, 0.3) is 0 Å². The van der Waals surface area contributed by atoms with Crippen LogP contribution in [0.3, 0.4) is 0 Å². The van der Waals surface area contributed by atoms with Crippen molar-refractivity contribution in [2.24, 2.45) is 0 Å². The Balaban J connectivity index is 1.45. The molecule has 0 bridgehead atoms. The zero-order valence-electron chi connectivity index (χ0n) is 20.4. The third kappa shape index (κ3) is 7.46. The number of ether oxygens (including phenoxy) is 2. The maximum Gasteiger partial charge on any atom is 0.192 e. The normalized spacial score (nSPS) is 11.9. The van der Waals surface area contributed by atoms with E-state index in [1.165, 1.54) is 5.56 Å². The largest absolute Gasteiger partial charge is 0.489 e. The molecule has 0 amide bonds. The molecule has 0 aliphatic rings. The van der Waals surface area contributed by atoms with Crippen LogP contribution in [0.25, 0.3) is 0 Å². The highest BCUT2D eigenvalue weighted by Crippen LogP contribution is 2.37. The van der Waals surface area contributed by atoms with Gasteiger partial charge in [0.05, 0.1) is 13.2 Å². The van der Waals surface area contributed by atoms with E-state index in [-0.39, 0.29) is 11.6 Å². The molecule has 0 aliphatic carbocycles. The van der Waals surface area contributed by atoms with Crippen LogP contribution >= 0.6 is 0 Å². The zero-order chi connectivity index (χ0) is 23.9. The van der Waals surface area contributed by atoms with Gasteiger partial charge in [-0.2, -0.15) is 0 Å². The fourth-order valence-electron chi connectivity index (χ4n) is 2.92. The molecule has 5 heteroatoms. The molecule has 0 spiro atoms. The van der Waals surface area contributed by atoms with Gasteiger partial charge in [0.1, 0.15) is 24.7 Å². The minimum Gasteiger partial charge on any atom is -0.489 e. The molecule has 0 atom stereocenters. The Kier molecular flexibility index (Phi) is 8.35. The fraction of sp³-hybridized carbons (Fsp3) is 0.357. The molecule has 0 aliphatic heterocycles. The van der Waals surface area contributed by atoms with E-state index >= 15 is 0 Å². The summed E-state index contributed by atoms with van der Waals surface area (Å²) in [6.45, 7) is 13.0. The first-order valence-electron chi connectivity index (χ1n) is 11.4. The molecule has 176 valence electrons. The molecule has 3 aromatic rings. The minimum absolute atomic E-state index is 0.0412. The van der Waals surface area contributed by atoms with Crippen molar-refractivity contribution < 1.29 is 19.0 Å². The van der Waals surface area contributed by atoms with Crippen LogP contribution in [0.15, 0.2) is 72.8 Å². The SMILES string of the molecule is CC(C)(C)[Si](C)(C)OCc1ccc(OCc2ccc(COc3ccc(CO)cc3)cc2)cc1. The Morgan fingerprint density at radius 1 is 0.606 bits per heavy atom. The van der Waals surface area contributed by atoms with Gasteiger partial charge in [-0.25, -0.2) is 0 Å². The number of benzene rings is 3. The van der Waals surface area contributed by atoms with Gasteiger partial charge in [-0.15, -0.1) is 0 Å². The van der Waals surface area contributed by atoms with Crippen molar-refractivity contribution in [3.63, 3.8) is 0 Å². The van der Waals surface area contributed by atoms with Gasteiger partial charge in [-0.3, -0.25) is 0 Å². The van der Waals surface area contributed by atoms with E-state index in [9.17, 15) is 0 Å². The predicted octanol–water partition coefficient (Wildman–Crippen LogP) is 6.86. The smallest absolute Gasteiger partial charge is 0.192 e. The van der Waals surface area contributed by atoms with Crippen LogP contribution in [0.5, 0.6) is 11.5 Å². The summed E-state index contributed by atoms with van der Waals surface area (Å²) in [6.07, 6.45) is 0. The van der Waals surface area contributed by atoms with Crippen molar-refractivity contribution in [2.75, 3.05) is 0 Å². The van der Waals surface area contributed by atoms with Crippen molar-refractivity contribution in [3.05, 3.63) is 95.1 Å². The fourth-order valence-corrected chi connectivity index (χ4v) is 3.88. The summed E-state index contributed by atoms with van der Waals surface area (Å²) in [5.41, 5.74) is 4.25. The van der Waals surface area contributed by atoms with E-state index in [2.05, 4.69) is 70.3 Å². The van der Waals surface area contributed by atoms with E-state index in [1.54, 1.807) is 0 Å². The molecule has 3 aromatic carbocycles. The van der Waals surface area contributed by atoms with Gasteiger partial charge in [-0.05, 0) is 64.7 Å². The quantitative estimate of drug-likeness (QED) is 0.333. The Bertz CT molecular complexity index is 988. The number of hydrogen-bond donors (Lipinski definition) is 1. The van der Waals surface area contributed by atoms with Crippen molar-refractivity contribution in [2.45, 2.75) is 65.3 Å². The molecule has 0 aromatic heterocycles. The number of rotatable bonds is 10. The highest BCUT2D eigenvalue weighted by atomic mass is 28.4. The highest BCUT2D eigenvalue weighted by molar-refractivity contribution is 6.74. The summed E-state index contributed by atoms with van der Waals surface area (Å²) in [4.78, 5) is 0. The van der Waals surface area contributed by atoms with Crippen LogP contribution in [0.1, 0.15) is 43.0 Å². The third-order valence-electron chi connectivity index (χ3n) is 6.27. The molecule has 0 heterocycles. The van der Waals surface area contributed by atoms with Crippen LogP contribution in [-0.4, -0.2) is 13.4 Å². The van der Waals surface area contributed by atoms with Crippen LogP contribution < -0.4 is 9.47 Å². The Morgan fingerprint density at radius 2 is 0.970 bits per heavy atom. The van der Waals surface area contributed by atoms with Gasteiger partial charge in [0, 0.05) is 0 Å². The van der Waals surface area contributed by atoms with E-state index in [1.807, 2.05) is 36.4 Å². The van der Waals surface area contributed by atoms with E-state index in [0.29, 0.717) is 19.8 Å². The lowest BCUT2D eigenvalue weighted by atomic mass is 10.1. The van der Waals surface area contributed by atoms with Gasteiger partial charge in [0.15, 0.2) is 8.32 Å².